The number of anilines is 1. The van der Waals surface area contributed by atoms with Gasteiger partial charge in [-0.1, -0.05) is 29.8 Å². The normalized spacial score (nSPS) is 11.9. The molecule has 25 heavy (non-hydrogen) atoms. The van der Waals surface area contributed by atoms with E-state index in [1.54, 1.807) is 12.4 Å². The fourth-order valence-electron chi connectivity index (χ4n) is 2.71. The van der Waals surface area contributed by atoms with Gasteiger partial charge in [-0.05, 0) is 31.0 Å². The number of aryl methyl sites for hydroxylation is 1. The van der Waals surface area contributed by atoms with Crippen molar-refractivity contribution in [3.8, 4) is 0 Å². The van der Waals surface area contributed by atoms with Crippen molar-refractivity contribution >= 4 is 23.0 Å². The molecule has 3 aromatic rings. The first-order chi connectivity index (χ1) is 12.2. The van der Waals surface area contributed by atoms with Crippen molar-refractivity contribution in [3.63, 3.8) is 0 Å². The molecule has 0 fully saturated rings. The lowest BCUT2D eigenvalue weighted by atomic mass is 9.98. The van der Waals surface area contributed by atoms with Gasteiger partial charge < -0.3 is 10.1 Å². The Balaban J connectivity index is 1.72. The summed E-state index contributed by atoms with van der Waals surface area (Å²) >= 11 is 0. The van der Waals surface area contributed by atoms with Crippen LogP contribution in [0.25, 0.3) is 11.2 Å². The Kier molecular flexibility index (Phi) is 5.18. The molecule has 1 unspecified atom stereocenters. The minimum Gasteiger partial charge on any atom is -0.469 e. The van der Waals surface area contributed by atoms with E-state index in [-0.39, 0.29) is 11.9 Å². The molecule has 0 aliphatic carbocycles. The maximum Gasteiger partial charge on any atom is 0.310 e. The first kappa shape index (κ1) is 16.8. The number of hydrogen-bond donors (Lipinski definition) is 1. The van der Waals surface area contributed by atoms with E-state index in [1.807, 2.05) is 37.3 Å². The zero-order valence-electron chi connectivity index (χ0n) is 14.3. The van der Waals surface area contributed by atoms with Gasteiger partial charge in [-0.3, -0.25) is 9.78 Å². The Labute approximate surface area is 146 Å². The molecule has 128 valence electrons. The van der Waals surface area contributed by atoms with Crippen molar-refractivity contribution < 1.29 is 9.53 Å². The summed E-state index contributed by atoms with van der Waals surface area (Å²) < 4.78 is 4.95. The molecule has 6 nitrogen and oxygen atoms in total. The Morgan fingerprint density at radius 3 is 2.84 bits per heavy atom. The number of aromatic nitrogens is 3. The van der Waals surface area contributed by atoms with Crippen molar-refractivity contribution in [1.82, 2.24) is 15.0 Å². The fraction of sp³-hybridized carbons (Fsp3) is 0.263. The summed E-state index contributed by atoms with van der Waals surface area (Å²) in [5.74, 6) is 0.117. The predicted molar refractivity (Wildman–Crippen MR) is 96.2 cm³/mol. The highest BCUT2D eigenvalue weighted by Gasteiger charge is 2.20. The van der Waals surface area contributed by atoms with E-state index in [2.05, 4.69) is 26.3 Å². The van der Waals surface area contributed by atoms with Crippen molar-refractivity contribution in [2.45, 2.75) is 13.3 Å². The van der Waals surface area contributed by atoms with Gasteiger partial charge in [0.25, 0.3) is 0 Å². The number of nitrogens with zero attached hydrogens (tertiary/aromatic N) is 3. The number of pyridine rings is 1. The predicted octanol–water partition coefficient (Wildman–Crippen LogP) is 2.78. The number of benzene rings is 1. The van der Waals surface area contributed by atoms with E-state index in [4.69, 9.17) is 4.74 Å². The van der Waals surface area contributed by atoms with Gasteiger partial charge >= 0.3 is 5.97 Å². The molecule has 2 aromatic heterocycles. The van der Waals surface area contributed by atoms with Crippen molar-refractivity contribution in [1.29, 1.82) is 0 Å². The highest BCUT2D eigenvalue weighted by Crippen LogP contribution is 2.15. The van der Waals surface area contributed by atoms with Gasteiger partial charge in [-0.2, -0.15) is 0 Å². The van der Waals surface area contributed by atoms with E-state index >= 15 is 0 Å². The highest BCUT2D eigenvalue weighted by atomic mass is 16.5. The molecule has 1 atom stereocenters. The second kappa shape index (κ2) is 7.70. The van der Waals surface area contributed by atoms with Crippen LogP contribution in [0, 0.1) is 12.8 Å². The third kappa shape index (κ3) is 4.29. The van der Waals surface area contributed by atoms with Crippen LogP contribution >= 0.6 is 0 Å². The number of carbonyl (C=O) groups excluding carboxylic acids is 1. The average Bonchev–Trinajstić information content (AvgIpc) is 2.64. The van der Waals surface area contributed by atoms with Crippen LogP contribution in [-0.4, -0.2) is 34.6 Å². The molecule has 2 heterocycles. The molecule has 0 aliphatic rings. The molecule has 0 bridgehead atoms. The van der Waals surface area contributed by atoms with Crippen LogP contribution in [0.2, 0.25) is 0 Å². The second-order valence-corrected chi connectivity index (χ2v) is 5.89. The highest BCUT2D eigenvalue weighted by molar-refractivity contribution is 5.74. The number of esters is 1. The molecule has 0 aliphatic heterocycles. The first-order valence-corrected chi connectivity index (χ1v) is 8.10. The van der Waals surface area contributed by atoms with Crippen LogP contribution in [0.1, 0.15) is 11.1 Å². The Morgan fingerprint density at radius 2 is 2.04 bits per heavy atom. The molecule has 0 spiro atoms. The molecule has 0 saturated heterocycles. The fourth-order valence-corrected chi connectivity index (χ4v) is 2.71. The summed E-state index contributed by atoms with van der Waals surface area (Å²) in [6.07, 6.45) is 3.84. The summed E-state index contributed by atoms with van der Waals surface area (Å²) in [5.41, 5.74) is 3.58. The SMILES string of the molecule is COC(=O)C(CNc1ccc2nccnc2n1)Cc1cccc(C)c1. The van der Waals surface area contributed by atoms with E-state index < -0.39 is 0 Å². The van der Waals surface area contributed by atoms with E-state index in [1.165, 1.54) is 12.7 Å². The van der Waals surface area contributed by atoms with Crippen LogP contribution in [0.5, 0.6) is 0 Å². The van der Waals surface area contributed by atoms with E-state index in [9.17, 15) is 4.79 Å². The lowest BCUT2D eigenvalue weighted by molar-refractivity contribution is -0.144. The third-order valence-corrected chi connectivity index (χ3v) is 3.96. The Hall–Kier alpha value is -3.02. The Morgan fingerprint density at radius 1 is 1.20 bits per heavy atom. The minimum absolute atomic E-state index is 0.241. The molecule has 0 saturated carbocycles. The summed E-state index contributed by atoms with van der Waals surface area (Å²) in [7, 11) is 1.41. The molecule has 3 rings (SSSR count). The van der Waals surface area contributed by atoms with Gasteiger partial charge in [0.2, 0.25) is 0 Å². The monoisotopic (exact) mass is 336 g/mol. The van der Waals surface area contributed by atoms with Gasteiger partial charge in [-0.25, -0.2) is 9.97 Å². The molecule has 0 radical (unpaired) electrons. The zero-order chi connectivity index (χ0) is 17.6. The smallest absolute Gasteiger partial charge is 0.310 e. The molecular weight excluding hydrogens is 316 g/mol. The average molecular weight is 336 g/mol. The number of methoxy groups -OCH3 is 1. The lowest BCUT2D eigenvalue weighted by Gasteiger charge is -2.16. The number of nitrogens with one attached hydrogen (secondary N) is 1. The van der Waals surface area contributed by atoms with Crippen molar-refractivity contribution in [2.24, 2.45) is 5.92 Å². The quantitative estimate of drug-likeness (QED) is 0.698. The summed E-state index contributed by atoms with van der Waals surface area (Å²) in [6, 6.07) is 11.8. The maximum atomic E-state index is 12.1. The third-order valence-electron chi connectivity index (χ3n) is 3.96. The first-order valence-electron chi connectivity index (χ1n) is 8.10. The van der Waals surface area contributed by atoms with Gasteiger partial charge in [0.15, 0.2) is 5.65 Å². The van der Waals surface area contributed by atoms with Crippen LogP contribution < -0.4 is 5.32 Å². The van der Waals surface area contributed by atoms with Gasteiger partial charge in [-0.15, -0.1) is 0 Å². The van der Waals surface area contributed by atoms with Crippen LogP contribution in [0.4, 0.5) is 5.82 Å². The molecular formula is C19H20N4O2. The minimum atomic E-state index is -0.300. The largest absolute Gasteiger partial charge is 0.469 e. The van der Waals surface area contributed by atoms with Crippen molar-refractivity contribution in [2.75, 3.05) is 19.0 Å². The number of ether oxygens (including phenoxy) is 1. The number of hydrogen-bond acceptors (Lipinski definition) is 6. The topological polar surface area (TPSA) is 77.0 Å². The molecule has 0 amide bonds. The molecule has 6 heteroatoms. The summed E-state index contributed by atoms with van der Waals surface area (Å²) in [4.78, 5) is 24.9. The Bertz CT molecular complexity index is 882. The number of carbonyl (C=O) groups is 1. The second-order valence-electron chi connectivity index (χ2n) is 5.89. The van der Waals surface area contributed by atoms with Gasteiger partial charge in [0, 0.05) is 18.9 Å². The number of fused-ring (bicyclic) bond motifs is 1. The van der Waals surface area contributed by atoms with Crippen LogP contribution in [0.15, 0.2) is 48.8 Å². The van der Waals surface area contributed by atoms with Crippen LogP contribution in [0.3, 0.4) is 0 Å². The van der Waals surface area contributed by atoms with Crippen LogP contribution in [-0.2, 0) is 16.0 Å². The molecule has 1 aromatic carbocycles. The maximum absolute atomic E-state index is 12.1. The summed E-state index contributed by atoms with van der Waals surface area (Å²) in [6.45, 7) is 2.47. The summed E-state index contributed by atoms with van der Waals surface area (Å²) in [5, 5.41) is 3.21. The molecule has 1 N–H and O–H groups in total. The van der Waals surface area contributed by atoms with E-state index in [0.29, 0.717) is 24.4 Å². The van der Waals surface area contributed by atoms with Crippen molar-refractivity contribution in [3.05, 3.63) is 59.9 Å². The number of rotatable bonds is 6. The standard InChI is InChI=1S/C19H20N4O2/c1-13-4-3-5-14(10-13)11-15(19(24)25-2)12-22-17-7-6-16-18(23-17)21-9-8-20-16/h3-10,15H,11-12H2,1-2H3,(H,21,22,23). The van der Waals surface area contributed by atoms with Gasteiger partial charge in [0.1, 0.15) is 11.3 Å². The van der Waals surface area contributed by atoms with Gasteiger partial charge in [0.05, 0.1) is 13.0 Å². The van der Waals surface area contributed by atoms with E-state index in [0.717, 1.165) is 11.1 Å². The zero-order valence-corrected chi connectivity index (χ0v) is 14.3. The lowest BCUT2D eigenvalue weighted by Crippen LogP contribution is -2.26.